The van der Waals surface area contributed by atoms with E-state index in [1.165, 1.54) is 0 Å². The van der Waals surface area contributed by atoms with E-state index >= 15 is 0 Å². The molecular weight excluding hydrogens is 372 g/mol. The molecule has 0 saturated heterocycles. The number of carboxylic acid groups (broad SMARTS) is 4. The van der Waals surface area contributed by atoms with Crippen molar-refractivity contribution in [2.75, 3.05) is 0 Å². The first-order chi connectivity index (χ1) is 12.9. The Morgan fingerprint density at radius 1 is 0.893 bits per heavy atom. The average Bonchev–Trinajstić information content (AvgIpc) is 2.61. The van der Waals surface area contributed by atoms with Crippen molar-refractivity contribution < 1.29 is 44.4 Å². The number of carbonyl (C=O) groups is 5. The summed E-state index contributed by atoms with van der Waals surface area (Å²) in [6.45, 7) is 1.67. The summed E-state index contributed by atoms with van der Waals surface area (Å²) in [5.41, 5.74) is -5.14. The number of ketones is 1. The first kappa shape index (κ1) is 20.0. The maximum atomic E-state index is 13.1. The molecule has 2 unspecified atom stereocenters. The third-order valence-corrected chi connectivity index (χ3v) is 7.38. The second kappa shape index (κ2) is 6.15. The molecule has 0 aromatic carbocycles. The van der Waals surface area contributed by atoms with Crippen LogP contribution in [-0.4, -0.2) is 50.1 Å². The molecule has 2 saturated carbocycles. The summed E-state index contributed by atoms with van der Waals surface area (Å²) in [6.07, 6.45) is 2.25. The summed E-state index contributed by atoms with van der Waals surface area (Å²) in [5, 5.41) is 37.9. The number of allylic oxidation sites excluding steroid dienone is 2. The van der Waals surface area contributed by atoms with Crippen LogP contribution >= 0.6 is 0 Å². The van der Waals surface area contributed by atoms with Crippen LogP contribution in [0.25, 0.3) is 0 Å². The number of Topliss-reactive ketones (excluding diaryl/α,β-unsaturated/α-hetero) is 1. The smallest absolute Gasteiger partial charge is 0.321 e. The Hall–Kier alpha value is -2.71. The van der Waals surface area contributed by atoms with Crippen molar-refractivity contribution in [1.82, 2.24) is 0 Å². The van der Waals surface area contributed by atoms with E-state index < -0.39 is 64.2 Å². The van der Waals surface area contributed by atoms with Crippen LogP contribution in [0.15, 0.2) is 12.2 Å². The van der Waals surface area contributed by atoms with Gasteiger partial charge in [-0.2, -0.15) is 0 Å². The molecule has 0 bridgehead atoms. The topological polar surface area (TPSA) is 166 Å². The van der Waals surface area contributed by atoms with Crippen molar-refractivity contribution in [3.05, 3.63) is 12.2 Å². The molecule has 0 heterocycles. The lowest BCUT2D eigenvalue weighted by Gasteiger charge is -2.55. The maximum absolute atomic E-state index is 13.1. The van der Waals surface area contributed by atoms with Crippen molar-refractivity contribution in [2.24, 2.45) is 34.0 Å². The number of hydrogen-bond donors (Lipinski definition) is 4. The van der Waals surface area contributed by atoms with E-state index in [0.29, 0.717) is 0 Å². The van der Waals surface area contributed by atoms with Crippen molar-refractivity contribution in [1.29, 1.82) is 0 Å². The first-order valence-electron chi connectivity index (χ1n) is 9.07. The molecule has 0 radical (unpaired) electrons. The molecule has 9 heteroatoms. The van der Waals surface area contributed by atoms with Crippen LogP contribution in [0.1, 0.15) is 39.0 Å². The Bertz CT molecular complexity index is 782. The van der Waals surface area contributed by atoms with E-state index in [0.717, 1.165) is 0 Å². The van der Waals surface area contributed by atoms with Crippen molar-refractivity contribution >= 4 is 29.7 Å². The summed E-state index contributed by atoms with van der Waals surface area (Å²) in [6, 6.07) is 0. The van der Waals surface area contributed by atoms with Crippen LogP contribution in [0.2, 0.25) is 0 Å². The molecule has 152 valence electrons. The molecule has 28 heavy (non-hydrogen) atoms. The van der Waals surface area contributed by atoms with Gasteiger partial charge in [-0.1, -0.05) is 19.1 Å². The molecule has 4 N–H and O–H groups in total. The summed E-state index contributed by atoms with van der Waals surface area (Å²) in [4.78, 5) is 59.7. The maximum Gasteiger partial charge on any atom is 0.321 e. The highest BCUT2D eigenvalue weighted by atomic mass is 16.4. The third-order valence-electron chi connectivity index (χ3n) is 7.38. The van der Waals surface area contributed by atoms with Crippen LogP contribution in [0.4, 0.5) is 0 Å². The number of carboxylic acids is 4. The van der Waals surface area contributed by atoms with Crippen LogP contribution in [0.5, 0.6) is 0 Å². The molecule has 0 aromatic rings. The lowest BCUT2D eigenvalue weighted by Crippen LogP contribution is -2.59. The second-order valence-corrected chi connectivity index (χ2v) is 8.48. The van der Waals surface area contributed by atoms with Gasteiger partial charge in [0.05, 0.1) is 0 Å². The normalized spacial score (nSPS) is 35.3. The molecule has 0 aliphatic heterocycles. The van der Waals surface area contributed by atoms with Crippen LogP contribution in [0.3, 0.4) is 0 Å². The van der Waals surface area contributed by atoms with Gasteiger partial charge < -0.3 is 20.4 Å². The fourth-order valence-corrected chi connectivity index (χ4v) is 5.46. The van der Waals surface area contributed by atoms with Gasteiger partial charge in [-0.15, -0.1) is 0 Å². The highest BCUT2D eigenvalue weighted by Gasteiger charge is 2.65. The molecule has 3 aliphatic carbocycles. The Kier molecular flexibility index (Phi) is 4.40. The summed E-state index contributed by atoms with van der Waals surface area (Å²) < 4.78 is 0. The quantitative estimate of drug-likeness (QED) is 0.405. The number of fused-ring (bicyclic) bond motifs is 3. The van der Waals surface area contributed by atoms with Crippen LogP contribution in [-0.2, 0) is 24.0 Å². The van der Waals surface area contributed by atoms with Gasteiger partial charge in [0, 0.05) is 11.8 Å². The highest BCUT2D eigenvalue weighted by Crippen LogP contribution is 2.60. The molecule has 2 fully saturated rings. The minimum Gasteiger partial charge on any atom is -0.480 e. The lowest BCUT2D eigenvalue weighted by molar-refractivity contribution is -0.181. The molecular formula is C19H22O9. The zero-order chi connectivity index (χ0) is 21.1. The predicted molar refractivity (Wildman–Crippen MR) is 91.2 cm³/mol. The third kappa shape index (κ3) is 2.41. The Morgan fingerprint density at radius 2 is 1.43 bits per heavy atom. The van der Waals surface area contributed by atoms with E-state index in [1.54, 1.807) is 19.1 Å². The number of aliphatic carboxylic acids is 4. The second-order valence-electron chi connectivity index (χ2n) is 8.48. The predicted octanol–water partition coefficient (Wildman–Crippen LogP) is 1.27. The Morgan fingerprint density at radius 3 is 1.93 bits per heavy atom. The SMILES string of the molecule is C[C@@]12C(=O)CC(C(=O)O)(C(=O)O)C[C@H]1C=CC1CC(C(=O)O)(C(=O)O)CCC12. The van der Waals surface area contributed by atoms with Gasteiger partial charge in [0.2, 0.25) is 0 Å². The summed E-state index contributed by atoms with van der Waals surface area (Å²) in [7, 11) is 0. The fraction of sp³-hybridized carbons (Fsp3) is 0.632. The lowest BCUT2D eigenvalue weighted by atomic mass is 9.46. The van der Waals surface area contributed by atoms with Crippen molar-refractivity contribution in [3.63, 3.8) is 0 Å². The van der Waals surface area contributed by atoms with E-state index in [4.69, 9.17) is 0 Å². The number of rotatable bonds is 4. The Labute approximate surface area is 160 Å². The Balaban J connectivity index is 2.01. The van der Waals surface area contributed by atoms with Gasteiger partial charge in [0.1, 0.15) is 5.78 Å². The fourth-order valence-electron chi connectivity index (χ4n) is 5.46. The standard InChI is InChI=1S/C19H22O9/c1-17-10(7-19(15(25)26,16(27)28)8-12(17)20)3-2-9-6-18(13(21)22,14(23)24)5-4-11(9)17/h2-3,9-11H,4-8H2,1H3,(H,21,22)(H,23,24)(H,25,26)(H,27,28)/t9?,10-,11?,17-/m1/s1. The molecule has 4 atom stereocenters. The molecule has 3 aliphatic rings. The summed E-state index contributed by atoms with van der Waals surface area (Å²) >= 11 is 0. The van der Waals surface area contributed by atoms with E-state index in [-0.39, 0.29) is 31.6 Å². The van der Waals surface area contributed by atoms with Crippen molar-refractivity contribution in [3.8, 4) is 0 Å². The van der Waals surface area contributed by atoms with Crippen molar-refractivity contribution in [2.45, 2.75) is 39.0 Å². The number of carbonyl (C=O) groups excluding carboxylic acids is 1. The average molecular weight is 394 g/mol. The van der Waals surface area contributed by atoms with Crippen LogP contribution in [0, 0.1) is 34.0 Å². The zero-order valence-corrected chi connectivity index (χ0v) is 15.3. The van der Waals surface area contributed by atoms with Gasteiger partial charge >= 0.3 is 23.9 Å². The van der Waals surface area contributed by atoms with Gasteiger partial charge in [-0.25, -0.2) is 0 Å². The first-order valence-corrected chi connectivity index (χ1v) is 9.07. The zero-order valence-electron chi connectivity index (χ0n) is 15.3. The van der Waals surface area contributed by atoms with Gasteiger partial charge in [0.15, 0.2) is 10.8 Å². The van der Waals surface area contributed by atoms with E-state index in [9.17, 15) is 44.4 Å². The highest BCUT2D eigenvalue weighted by molar-refractivity contribution is 6.05. The monoisotopic (exact) mass is 394 g/mol. The largest absolute Gasteiger partial charge is 0.480 e. The molecule has 0 spiro atoms. The summed E-state index contributed by atoms with van der Waals surface area (Å²) in [5.74, 6) is -7.85. The van der Waals surface area contributed by atoms with Gasteiger partial charge in [-0.05, 0) is 43.4 Å². The number of hydrogen-bond acceptors (Lipinski definition) is 5. The molecule has 9 nitrogen and oxygen atoms in total. The minimum atomic E-state index is -2.18. The van der Waals surface area contributed by atoms with Crippen LogP contribution < -0.4 is 0 Å². The van der Waals surface area contributed by atoms with E-state index in [2.05, 4.69) is 0 Å². The molecule has 0 aromatic heterocycles. The van der Waals surface area contributed by atoms with Gasteiger partial charge in [-0.3, -0.25) is 24.0 Å². The van der Waals surface area contributed by atoms with E-state index in [1.807, 2.05) is 0 Å². The molecule has 0 amide bonds. The minimum absolute atomic E-state index is 0.134. The van der Waals surface area contributed by atoms with Gasteiger partial charge in [0.25, 0.3) is 0 Å². The molecule has 3 rings (SSSR count).